The first-order chi connectivity index (χ1) is 17.2. The lowest BCUT2D eigenvalue weighted by atomic mass is 9.80. The number of amides is 2. The maximum Gasteiger partial charge on any atom is 0.321 e. The molecule has 1 saturated heterocycles. The van der Waals surface area contributed by atoms with Crippen molar-refractivity contribution in [2.45, 2.75) is 40.5 Å². The fourth-order valence-corrected chi connectivity index (χ4v) is 5.47. The number of rotatable bonds is 7. The summed E-state index contributed by atoms with van der Waals surface area (Å²) in [6.07, 6.45) is 4.78. The second-order valence-electron chi connectivity index (χ2n) is 9.05. The van der Waals surface area contributed by atoms with Crippen LogP contribution in [0.4, 0.5) is 15.9 Å². The van der Waals surface area contributed by atoms with Crippen LogP contribution in [0.2, 0.25) is 0 Å². The molecule has 3 heterocycles. The Hall–Kier alpha value is -3.60. The van der Waals surface area contributed by atoms with Gasteiger partial charge in [0.15, 0.2) is 10.9 Å². The van der Waals surface area contributed by atoms with Gasteiger partial charge in [0, 0.05) is 43.2 Å². The largest absolute Gasteiger partial charge is 0.466 e. The van der Waals surface area contributed by atoms with E-state index in [1.807, 2.05) is 26.8 Å². The number of nitrogens with zero attached hydrogens (tertiary/aromatic N) is 5. The van der Waals surface area contributed by atoms with Gasteiger partial charge >= 0.3 is 12.0 Å². The molecule has 10 nitrogen and oxygen atoms in total. The predicted octanol–water partition coefficient (Wildman–Crippen LogP) is 4.03. The summed E-state index contributed by atoms with van der Waals surface area (Å²) in [6.45, 7) is 9.15. The topological polar surface area (TPSA) is 132 Å². The van der Waals surface area contributed by atoms with Crippen LogP contribution in [0.3, 0.4) is 0 Å². The summed E-state index contributed by atoms with van der Waals surface area (Å²) in [5.74, 6) is 0.337. The Morgan fingerprint density at radius 3 is 2.36 bits per heavy atom. The number of aromatic nitrogens is 3. The fourth-order valence-electron chi connectivity index (χ4n) is 4.29. The number of thiazole rings is 1. The van der Waals surface area contributed by atoms with Gasteiger partial charge in [-0.15, -0.1) is 0 Å². The molecule has 11 heteroatoms. The minimum atomic E-state index is -0.592. The predicted molar refractivity (Wildman–Crippen MR) is 139 cm³/mol. The number of esters is 1. The number of hydrogen-bond acceptors (Lipinski definition) is 9. The monoisotopic (exact) mass is 510 g/mol. The average molecular weight is 511 g/mol. The van der Waals surface area contributed by atoms with E-state index in [4.69, 9.17) is 10.5 Å². The molecule has 0 aliphatic carbocycles. The molecule has 1 aliphatic rings. The molecule has 0 atom stereocenters. The Bertz CT molecular complexity index is 1300. The van der Waals surface area contributed by atoms with E-state index in [1.54, 1.807) is 18.5 Å². The quantitative estimate of drug-likeness (QED) is 0.372. The number of Topliss-reactive ketones (excluding diaryl/α,β-unsaturated/α-hetero) is 1. The first kappa shape index (κ1) is 25.5. The van der Waals surface area contributed by atoms with Crippen LogP contribution in [0.5, 0.6) is 0 Å². The van der Waals surface area contributed by atoms with E-state index >= 15 is 0 Å². The fraction of sp³-hybridized carbons (Fsp3) is 0.440. The maximum absolute atomic E-state index is 12.4. The van der Waals surface area contributed by atoms with Crippen molar-refractivity contribution in [2.75, 3.05) is 36.0 Å². The van der Waals surface area contributed by atoms with E-state index in [9.17, 15) is 14.4 Å². The zero-order valence-electron chi connectivity index (χ0n) is 20.9. The van der Waals surface area contributed by atoms with Crippen LogP contribution in [0.25, 0.3) is 21.3 Å². The van der Waals surface area contributed by atoms with Gasteiger partial charge in [-0.3, -0.25) is 14.5 Å². The van der Waals surface area contributed by atoms with Crippen LogP contribution in [-0.2, 0) is 9.53 Å². The molecule has 2 amide bonds. The first-order valence-electron chi connectivity index (χ1n) is 11.9. The summed E-state index contributed by atoms with van der Waals surface area (Å²) in [6, 6.07) is 3.07. The number of carbonyl (C=O) groups excluding carboxylic acids is 3. The second-order valence-corrected chi connectivity index (χ2v) is 10.0. The zero-order valence-corrected chi connectivity index (χ0v) is 21.7. The highest BCUT2D eigenvalue weighted by molar-refractivity contribution is 7.22. The van der Waals surface area contributed by atoms with Crippen LogP contribution in [-0.4, -0.2) is 59.0 Å². The third-order valence-corrected chi connectivity index (χ3v) is 7.69. The molecule has 0 radical (unpaired) electrons. The Morgan fingerprint density at radius 1 is 1.14 bits per heavy atom. The number of hydrogen-bond donors (Lipinski definition) is 1. The SMILES string of the molecule is CCOC(=O)C1(C)CCN(c2ncc(-c3cc(C(C)=O)c4sc(N(CC)C(N)=O)nc4c3)cn2)CC1. The van der Waals surface area contributed by atoms with Gasteiger partial charge in [-0.2, -0.15) is 0 Å². The highest BCUT2D eigenvalue weighted by Crippen LogP contribution is 2.36. The Balaban J connectivity index is 1.59. The second kappa shape index (κ2) is 10.2. The molecule has 3 aromatic rings. The van der Waals surface area contributed by atoms with Crippen molar-refractivity contribution in [2.24, 2.45) is 11.1 Å². The van der Waals surface area contributed by atoms with E-state index in [1.165, 1.54) is 23.2 Å². The van der Waals surface area contributed by atoms with Gasteiger partial charge in [-0.1, -0.05) is 11.3 Å². The van der Waals surface area contributed by atoms with Gasteiger partial charge in [0.05, 0.1) is 22.2 Å². The minimum absolute atomic E-state index is 0.102. The van der Waals surface area contributed by atoms with E-state index < -0.39 is 11.4 Å². The zero-order chi connectivity index (χ0) is 26.0. The molecule has 4 rings (SSSR count). The van der Waals surface area contributed by atoms with Crippen molar-refractivity contribution in [1.29, 1.82) is 0 Å². The summed E-state index contributed by atoms with van der Waals surface area (Å²) in [4.78, 5) is 53.6. The van der Waals surface area contributed by atoms with Crippen molar-refractivity contribution < 1.29 is 19.1 Å². The molecule has 1 fully saturated rings. The standard InChI is InChI=1S/C25H30N6O4S/c1-5-31(22(26)34)24-29-19-12-16(11-18(15(3)32)20(19)36-24)17-13-27-23(28-14-17)30-9-7-25(4,8-10-30)21(33)35-6-2/h11-14H,5-10H2,1-4H3,(H2,26,34). The van der Waals surface area contributed by atoms with Crippen LogP contribution < -0.4 is 15.5 Å². The van der Waals surface area contributed by atoms with Crippen molar-refractivity contribution >= 4 is 50.4 Å². The van der Waals surface area contributed by atoms with Crippen LogP contribution in [0, 0.1) is 5.41 Å². The molecule has 1 aromatic carbocycles. The molecule has 1 aliphatic heterocycles. The number of fused-ring (bicyclic) bond motifs is 1. The Labute approximate surface area is 213 Å². The number of urea groups is 1. The average Bonchev–Trinajstić information content (AvgIpc) is 3.27. The highest BCUT2D eigenvalue weighted by Gasteiger charge is 2.38. The van der Waals surface area contributed by atoms with E-state index in [0.717, 1.165) is 11.1 Å². The van der Waals surface area contributed by atoms with E-state index in [2.05, 4.69) is 19.9 Å². The number of benzene rings is 1. The molecule has 0 spiro atoms. The lowest BCUT2D eigenvalue weighted by molar-refractivity contribution is -0.155. The molecule has 36 heavy (non-hydrogen) atoms. The van der Waals surface area contributed by atoms with Crippen molar-refractivity contribution in [3.05, 3.63) is 30.1 Å². The van der Waals surface area contributed by atoms with Crippen LogP contribution >= 0.6 is 11.3 Å². The summed E-state index contributed by atoms with van der Waals surface area (Å²) < 4.78 is 5.94. The number of ether oxygens (including phenoxy) is 1. The number of nitrogens with two attached hydrogens (primary N) is 1. The van der Waals surface area contributed by atoms with Gasteiger partial charge < -0.3 is 15.4 Å². The summed E-state index contributed by atoms with van der Waals surface area (Å²) in [5, 5.41) is 0.450. The third-order valence-electron chi connectivity index (χ3n) is 6.56. The molecule has 190 valence electrons. The highest BCUT2D eigenvalue weighted by atomic mass is 32.1. The Morgan fingerprint density at radius 2 is 1.81 bits per heavy atom. The maximum atomic E-state index is 12.4. The van der Waals surface area contributed by atoms with Gasteiger partial charge in [-0.05, 0) is 58.2 Å². The number of ketones is 1. The number of piperidine rings is 1. The van der Waals surface area contributed by atoms with Gasteiger partial charge in [0.25, 0.3) is 0 Å². The molecule has 2 N–H and O–H groups in total. The van der Waals surface area contributed by atoms with Crippen LogP contribution in [0.1, 0.15) is 50.9 Å². The summed E-state index contributed by atoms with van der Waals surface area (Å²) >= 11 is 1.27. The lowest BCUT2D eigenvalue weighted by Gasteiger charge is -2.37. The minimum Gasteiger partial charge on any atom is -0.466 e. The summed E-state index contributed by atoms with van der Waals surface area (Å²) in [7, 11) is 0. The lowest BCUT2D eigenvalue weighted by Crippen LogP contribution is -2.44. The van der Waals surface area contributed by atoms with Gasteiger partial charge in [0.1, 0.15) is 0 Å². The smallest absolute Gasteiger partial charge is 0.321 e. The van der Waals surface area contributed by atoms with Crippen LogP contribution in [0.15, 0.2) is 24.5 Å². The first-order valence-corrected chi connectivity index (χ1v) is 12.8. The third kappa shape index (κ3) is 4.88. The molecule has 0 saturated carbocycles. The summed E-state index contributed by atoms with van der Waals surface area (Å²) in [5.41, 5.74) is 7.62. The van der Waals surface area contributed by atoms with Crippen molar-refractivity contribution in [1.82, 2.24) is 15.0 Å². The molecule has 0 bridgehead atoms. The van der Waals surface area contributed by atoms with E-state index in [-0.39, 0.29) is 11.8 Å². The molecular formula is C25H30N6O4S. The molecule has 0 unspecified atom stereocenters. The molecular weight excluding hydrogens is 480 g/mol. The van der Waals surface area contributed by atoms with Gasteiger partial charge in [-0.25, -0.2) is 19.7 Å². The normalized spacial score (nSPS) is 15.1. The van der Waals surface area contributed by atoms with Gasteiger partial charge in [0.2, 0.25) is 5.95 Å². The van der Waals surface area contributed by atoms with E-state index in [0.29, 0.717) is 65.9 Å². The van der Waals surface area contributed by atoms with Crippen molar-refractivity contribution in [3.63, 3.8) is 0 Å². The number of anilines is 2. The molecule has 2 aromatic heterocycles. The number of primary amides is 1. The number of carbonyl (C=O) groups is 3. The Kier molecular flexibility index (Phi) is 7.21. The van der Waals surface area contributed by atoms with Crippen molar-refractivity contribution in [3.8, 4) is 11.1 Å².